The fraction of sp³-hybridized carbons (Fsp3) is 0.357. The van der Waals surface area contributed by atoms with Gasteiger partial charge >= 0.3 is 0 Å². The normalized spacial score (nSPS) is 12.4. The lowest BCUT2D eigenvalue weighted by atomic mass is 10.0. The van der Waals surface area contributed by atoms with Crippen molar-refractivity contribution in [3.05, 3.63) is 47.8 Å². The Morgan fingerprint density at radius 3 is 2.84 bits per heavy atom. The predicted octanol–water partition coefficient (Wildman–Crippen LogP) is 2.20. The quantitative estimate of drug-likeness (QED) is 0.899. The van der Waals surface area contributed by atoms with Crippen LogP contribution in [-0.2, 0) is 13.5 Å². The Morgan fingerprint density at radius 2 is 2.26 bits per heavy atom. The number of methoxy groups -OCH3 is 1. The van der Waals surface area contributed by atoms with Crippen molar-refractivity contribution in [3.63, 3.8) is 0 Å². The number of rotatable bonds is 5. The Bertz CT molecular complexity index is 553. The molecular weight excluding hydrogens is 245 g/mol. The average molecular weight is 263 g/mol. The van der Waals surface area contributed by atoms with Crippen LogP contribution in [0.15, 0.2) is 30.6 Å². The van der Waals surface area contributed by atoms with Crippen LogP contribution in [0.2, 0.25) is 0 Å². The fourth-order valence-corrected chi connectivity index (χ4v) is 2.00. The van der Waals surface area contributed by atoms with Crippen LogP contribution in [0.4, 0.5) is 4.39 Å². The van der Waals surface area contributed by atoms with Crippen LogP contribution < -0.4 is 10.5 Å². The van der Waals surface area contributed by atoms with Gasteiger partial charge in [-0.3, -0.25) is 0 Å². The van der Waals surface area contributed by atoms with Gasteiger partial charge in [0, 0.05) is 31.9 Å². The van der Waals surface area contributed by atoms with E-state index < -0.39 is 0 Å². The number of imidazole rings is 1. The van der Waals surface area contributed by atoms with Gasteiger partial charge in [0.25, 0.3) is 0 Å². The number of nitrogens with two attached hydrogens (primary N) is 1. The van der Waals surface area contributed by atoms with E-state index in [1.165, 1.54) is 13.2 Å². The Hall–Kier alpha value is -1.88. The molecule has 0 aliphatic heterocycles. The third-order valence-corrected chi connectivity index (χ3v) is 3.20. The molecule has 0 radical (unpaired) electrons. The fourth-order valence-electron chi connectivity index (χ4n) is 2.00. The SMILES string of the molecule is COc1ccc(C(N)CCc2nccn2C)cc1F. The second-order valence-electron chi connectivity index (χ2n) is 4.49. The maximum Gasteiger partial charge on any atom is 0.165 e. The van der Waals surface area contributed by atoms with Crippen LogP contribution >= 0.6 is 0 Å². The second-order valence-corrected chi connectivity index (χ2v) is 4.49. The summed E-state index contributed by atoms with van der Waals surface area (Å²) in [6, 6.07) is 4.62. The summed E-state index contributed by atoms with van der Waals surface area (Å²) >= 11 is 0. The molecule has 1 aromatic carbocycles. The van der Waals surface area contributed by atoms with E-state index in [9.17, 15) is 4.39 Å². The smallest absolute Gasteiger partial charge is 0.165 e. The number of aryl methyl sites for hydroxylation is 2. The van der Waals surface area contributed by atoms with Crippen molar-refractivity contribution in [2.75, 3.05) is 7.11 Å². The molecule has 0 aliphatic rings. The number of halogens is 1. The molecule has 4 nitrogen and oxygen atoms in total. The maximum atomic E-state index is 13.6. The topological polar surface area (TPSA) is 53.1 Å². The minimum Gasteiger partial charge on any atom is -0.494 e. The molecule has 0 aliphatic carbocycles. The number of aromatic nitrogens is 2. The molecule has 0 saturated carbocycles. The lowest BCUT2D eigenvalue weighted by Crippen LogP contribution is -2.13. The van der Waals surface area contributed by atoms with Gasteiger partial charge in [-0.25, -0.2) is 9.37 Å². The standard InChI is InChI=1S/C14H18FN3O/c1-18-8-7-17-14(18)6-4-12(16)10-3-5-13(19-2)11(15)9-10/h3,5,7-9,12H,4,6,16H2,1-2H3. The van der Waals surface area contributed by atoms with Gasteiger partial charge < -0.3 is 15.0 Å². The summed E-state index contributed by atoms with van der Waals surface area (Å²) in [5, 5.41) is 0. The molecule has 0 saturated heterocycles. The van der Waals surface area contributed by atoms with Crippen molar-refractivity contribution in [1.29, 1.82) is 0 Å². The second kappa shape index (κ2) is 5.84. The molecule has 0 amide bonds. The number of benzene rings is 1. The van der Waals surface area contributed by atoms with Gasteiger partial charge in [0.2, 0.25) is 0 Å². The molecule has 102 valence electrons. The zero-order chi connectivity index (χ0) is 13.8. The molecule has 2 aromatic rings. The summed E-state index contributed by atoms with van der Waals surface area (Å²) in [4.78, 5) is 4.24. The largest absolute Gasteiger partial charge is 0.494 e. The van der Waals surface area contributed by atoms with Gasteiger partial charge in [-0.05, 0) is 24.1 Å². The summed E-state index contributed by atoms with van der Waals surface area (Å²) in [6.07, 6.45) is 5.14. The molecule has 0 spiro atoms. The minimum atomic E-state index is -0.382. The molecular formula is C14H18FN3O. The lowest BCUT2D eigenvalue weighted by molar-refractivity contribution is 0.385. The highest BCUT2D eigenvalue weighted by molar-refractivity contribution is 5.30. The summed E-state index contributed by atoms with van der Waals surface area (Å²) in [6.45, 7) is 0. The molecule has 0 fully saturated rings. The first kappa shape index (κ1) is 13.5. The first-order valence-electron chi connectivity index (χ1n) is 6.17. The van der Waals surface area contributed by atoms with Gasteiger partial charge in [0.15, 0.2) is 11.6 Å². The number of hydrogen-bond acceptors (Lipinski definition) is 3. The molecule has 1 aromatic heterocycles. The summed E-state index contributed by atoms with van der Waals surface area (Å²) < 4.78 is 20.4. The van der Waals surface area contributed by atoms with E-state index in [2.05, 4.69) is 4.98 Å². The zero-order valence-electron chi connectivity index (χ0n) is 11.1. The van der Waals surface area contributed by atoms with Crippen LogP contribution in [0, 0.1) is 5.82 Å². The molecule has 2 rings (SSSR count). The maximum absolute atomic E-state index is 13.6. The van der Waals surface area contributed by atoms with Crippen molar-refractivity contribution in [3.8, 4) is 5.75 Å². The molecule has 1 heterocycles. The first-order chi connectivity index (χ1) is 9.11. The first-order valence-corrected chi connectivity index (χ1v) is 6.17. The van der Waals surface area contributed by atoms with E-state index in [0.29, 0.717) is 0 Å². The lowest BCUT2D eigenvalue weighted by Gasteiger charge is -2.13. The third kappa shape index (κ3) is 3.12. The van der Waals surface area contributed by atoms with E-state index in [1.54, 1.807) is 18.3 Å². The van der Waals surface area contributed by atoms with Crippen molar-refractivity contribution in [2.45, 2.75) is 18.9 Å². The van der Waals surface area contributed by atoms with E-state index in [0.717, 1.165) is 24.2 Å². The Kier molecular flexibility index (Phi) is 4.16. The molecule has 2 N–H and O–H groups in total. The summed E-state index contributed by atoms with van der Waals surface area (Å²) in [7, 11) is 3.39. The molecule has 1 atom stereocenters. The minimum absolute atomic E-state index is 0.211. The van der Waals surface area contributed by atoms with Crippen molar-refractivity contribution in [2.24, 2.45) is 12.8 Å². The molecule has 5 heteroatoms. The predicted molar refractivity (Wildman–Crippen MR) is 71.4 cm³/mol. The average Bonchev–Trinajstić information content (AvgIpc) is 2.81. The number of hydrogen-bond donors (Lipinski definition) is 1. The van der Waals surface area contributed by atoms with E-state index >= 15 is 0 Å². The number of nitrogens with zero attached hydrogens (tertiary/aromatic N) is 2. The van der Waals surface area contributed by atoms with Crippen LogP contribution in [0.5, 0.6) is 5.75 Å². The van der Waals surface area contributed by atoms with Crippen molar-refractivity contribution >= 4 is 0 Å². The highest BCUT2D eigenvalue weighted by Gasteiger charge is 2.11. The monoisotopic (exact) mass is 263 g/mol. The zero-order valence-corrected chi connectivity index (χ0v) is 11.1. The van der Waals surface area contributed by atoms with Gasteiger partial charge in [-0.1, -0.05) is 6.07 Å². The Balaban J connectivity index is 2.02. The number of ether oxygens (including phenoxy) is 1. The highest BCUT2D eigenvalue weighted by Crippen LogP contribution is 2.23. The van der Waals surface area contributed by atoms with Crippen molar-refractivity contribution in [1.82, 2.24) is 9.55 Å². The van der Waals surface area contributed by atoms with Crippen molar-refractivity contribution < 1.29 is 9.13 Å². The van der Waals surface area contributed by atoms with E-state index in [1.807, 2.05) is 17.8 Å². The highest BCUT2D eigenvalue weighted by atomic mass is 19.1. The van der Waals surface area contributed by atoms with Gasteiger partial charge in [-0.15, -0.1) is 0 Å². The Labute approximate surface area is 112 Å². The van der Waals surface area contributed by atoms with Crippen LogP contribution in [0.3, 0.4) is 0 Å². The van der Waals surface area contributed by atoms with E-state index in [-0.39, 0.29) is 17.6 Å². The molecule has 1 unspecified atom stereocenters. The van der Waals surface area contributed by atoms with Crippen LogP contribution in [-0.4, -0.2) is 16.7 Å². The van der Waals surface area contributed by atoms with Gasteiger partial charge in [-0.2, -0.15) is 0 Å². The summed E-state index contributed by atoms with van der Waals surface area (Å²) in [5.41, 5.74) is 6.85. The molecule has 19 heavy (non-hydrogen) atoms. The van der Waals surface area contributed by atoms with E-state index in [4.69, 9.17) is 10.5 Å². The van der Waals surface area contributed by atoms with Gasteiger partial charge in [0.1, 0.15) is 5.82 Å². The third-order valence-electron chi connectivity index (χ3n) is 3.20. The molecule has 0 bridgehead atoms. The Morgan fingerprint density at radius 1 is 1.47 bits per heavy atom. The van der Waals surface area contributed by atoms with Crippen LogP contribution in [0.25, 0.3) is 0 Å². The van der Waals surface area contributed by atoms with Gasteiger partial charge in [0.05, 0.1) is 7.11 Å². The summed E-state index contributed by atoms with van der Waals surface area (Å²) in [5.74, 6) is 0.830. The van der Waals surface area contributed by atoms with Crippen LogP contribution in [0.1, 0.15) is 23.9 Å².